The molecule has 0 aromatic carbocycles. The highest BCUT2D eigenvalue weighted by Gasteiger charge is 2.04. The van der Waals surface area contributed by atoms with Crippen LogP contribution in [-0.2, 0) is 0 Å². The first kappa shape index (κ1) is 13.8. The molecule has 0 aromatic rings. The first-order valence-electron chi connectivity index (χ1n) is 5.50. The number of primary amides is 1. The summed E-state index contributed by atoms with van der Waals surface area (Å²) in [5.74, 6) is 0. The number of rotatable bonds is 9. The lowest BCUT2D eigenvalue weighted by Gasteiger charge is -2.12. The molecule has 0 aliphatic rings. The summed E-state index contributed by atoms with van der Waals surface area (Å²) in [6.07, 6.45) is 10.4. The van der Waals surface area contributed by atoms with E-state index in [9.17, 15) is 4.79 Å². The Morgan fingerprint density at radius 2 is 1.93 bits per heavy atom. The molecule has 0 aliphatic heterocycles. The summed E-state index contributed by atoms with van der Waals surface area (Å²) in [7, 11) is 0. The van der Waals surface area contributed by atoms with Gasteiger partial charge in [-0.05, 0) is 19.3 Å². The lowest BCUT2D eigenvalue weighted by Crippen LogP contribution is -2.37. The monoisotopic (exact) mass is 210 g/mol. The van der Waals surface area contributed by atoms with Gasteiger partial charge in [0.15, 0.2) is 0 Å². The van der Waals surface area contributed by atoms with E-state index in [-0.39, 0.29) is 6.04 Å². The number of carbonyl (C=O) groups is 1. The molecule has 1 atom stereocenters. The Balaban J connectivity index is 3.42. The molecule has 0 aliphatic carbocycles. The molecule has 3 nitrogen and oxygen atoms in total. The third kappa shape index (κ3) is 9.06. The maximum Gasteiger partial charge on any atom is 0.312 e. The molecule has 0 saturated carbocycles. The average Bonchev–Trinajstić information content (AvgIpc) is 2.20. The van der Waals surface area contributed by atoms with Gasteiger partial charge in [-0.15, -0.1) is 13.2 Å². The van der Waals surface area contributed by atoms with Crippen molar-refractivity contribution in [2.24, 2.45) is 5.73 Å². The fourth-order valence-corrected chi connectivity index (χ4v) is 1.44. The zero-order valence-corrected chi connectivity index (χ0v) is 9.37. The van der Waals surface area contributed by atoms with Crippen LogP contribution >= 0.6 is 0 Å². The van der Waals surface area contributed by atoms with Crippen molar-refractivity contribution in [1.29, 1.82) is 0 Å². The molecule has 0 spiro atoms. The summed E-state index contributed by atoms with van der Waals surface area (Å²) in [4.78, 5) is 10.6. The summed E-state index contributed by atoms with van der Waals surface area (Å²) in [6, 6.07) is -0.464. The number of nitrogens with two attached hydrogens (primary N) is 1. The van der Waals surface area contributed by atoms with Crippen LogP contribution in [0.25, 0.3) is 0 Å². The van der Waals surface area contributed by atoms with Gasteiger partial charge in [0.05, 0.1) is 0 Å². The normalized spacial score (nSPS) is 11.7. The Hall–Kier alpha value is -1.25. The maximum absolute atomic E-state index is 10.6. The van der Waals surface area contributed by atoms with Crippen LogP contribution in [0.4, 0.5) is 4.79 Å². The Labute approximate surface area is 92.4 Å². The van der Waals surface area contributed by atoms with Crippen LogP contribution < -0.4 is 11.1 Å². The van der Waals surface area contributed by atoms with Crippen molar-refractivity contribution in [2.45, 2.75) is 44.6 Å². The molecule has 3 N–H and O–H groups in total. The van der Waals surface area contributed by atoms with Crippen LogP contribution in [0, 0.1) is 0 Å². The second-order valence-electron chi connectivity index (χ2n) is 3.63. The smallest absolute Gasteiger partial charge is 0.312 e. The zero-order valence-electron chi connectivity index (χ0n) is 9.37. The maximum atomic E-state index is 10.6. The lowest BCUT2D eigenvalue weighted by atomic mass is 10.1. The first-order chi connectivity index (χ1) is 7.20. The number of carbonyl (C=O) groups excluding carboxylic acids is 1. The standard InChI is InChI=1S/C12H22N2O/c1-3-5-6-7-8-9-10-11(4-2)14-12(13)15/h3-4,11H,1-2,5-10H2,(H3,13,14,15). The van der Waals surface area contributed by atoms with Gasteiger partial charge in [0.1, 0.15) is 0 Å². The molecule has 15 heavy (non-hydrogen) atoms. The number of nitrogens with one attached hydrogen (secondary N) is 1. The minimum absolute atomic E-state index is 0.0157. The third-order valence-electron chi connectivity index (χ3n) is 2.29. The molecular weight excluding hydrogens is 188 g/mol. The topological polar surface area (TPSA) is 55.1 Å². The molecule has 0 saturated heterocycles. The van der Waals surface area contributed by atoms with E-state index in [1.165, 1.54) is 19.3 Å². The molecule has 86 valence electrons. The number of unbranched alkanes of at least 4 members (excludes halogenated alkanes) is 4. The Morgan fingerprint density at radius 1 is 1.27 bits per heavy atom. The first-order valence-corrected chi connectivity index (χ1v) is 5.50. The number of allylic oxidation sites excluding steroid dienone is 1. The molecule has 2 amide bonds. The van der Waals surface area contributed by atoms with Crippen molar-refractivity contribution < 1.29 is 4.79 Å². The van der Waals surface area contributed by atoms with E-state index in [0.717, 1.165) is 19.3 Å². The van der Waals surface area contributed by atoms with Crippen LogP contribution in [0.1, 0.15) is 38.5 Å². The van der Waals surface area contributed by atoms with E-state index in [4.69, 9.17) is 5.73 Å². The molecule has 3 heteroatoms. The highest BCUT2D eigenvalue weighted by molar-refractivity contribution is 5.72. The Morgan fingerprint density at radius 3 is 2.47 bits per heavy atom. The minimum atomic E-state index is -0.480. The van der Waals surface area contributed by atoms with E-state index < -0.39 is 6.03 Å². The third-order valence-corrected chi connectivity index (χ3v) is 2.29. The van der Waals surface area contributed by atoms with Crippen molar-refractivity contribution in [3.8, 4) is 0 Å². The van der Waals surface area contributed by atoms with Gasteiger partial charge in [-0.3, -0.25) is 0 Å². The Bertz CT molecular complexity index is 202. The fourth-order valence-electron chi connectivity index (χ4n) is 1.44. The molecule has 0 fully saturated rings. The number of hydrogen-bond acceptors (Lipinski definition) is 1. The molecule has 1 unspecified atom stereocenters. The van der Waals surface area contributed by atoms with Gasteiger partial charge >= 0.3 is 6.03 Å². The zero-order chi connectivity index (χ0) is 11.5. The van der Waals surface area contributed by atoms with Crippen molar-refractivity contribution in [2.75, 3.05) is 0 Å². The number of amides is 2. The van der Waals surface area contributed by atoms with Crippen LogP contribution in [-0.4, -0.2) is 12.1 Å². The highest BCUT2D eigenvalue weighted by Crippen LogP contribution is 2.08. The van der Waals surface area contributed by atoms with E-state index in [1.54, 1.807) is 6.08 Å². The predicted molar refractivity (Wildman–Crippen MR) is 64.6 cm³/mol. The van der Waals surface area contributed by atoms with Crippen molar-refractivity contribution in [3.63, 3.8) is 0 Å². The van der Waals surface area contributed by atoms with E-state index in [1.807, 2.05) is 6.08 Å². The number of urea groups is 1. The molecule has 0 rings (SSSR count). The van der Waals surface area contributed by atoms with Crippen molar-refractivity contribution >= 4 is 6.03 Å². The summed E-state index contributed by atoms with van der Waals surface area (Å²) in [5.41, 5.74) is 5.03. The van der Waals surface area contributed by atoms with Crippen LogP contribution in [0.15, 0.2) is 25.3 Å². The quantitative estimate of drug-likeness (QED) is 0.446. The number of hydrogen-bond donors (Lipinski definition) is 2. The molecular formula is C12H22N2O. The molecule has 0 heterocycles. The van der Waals surface area contributed by atoms with Gasteiger partial charge in [0, 0.05) is 6.04 Å². The molecule has 0 radical (unpaired) electrons. The highest BCUT2D eigenvalue weighted by atomic mass is 16.2. The summed E-state index contributed by atoms with van der Waals surface area (Å²) in [6.45, 7) is 7.34. The van der Waals surface area contributed by atoms with Gasteiger partial charge in [0.25, 0.3) is 0 Å². The van der Waals surface area contributed by atoms with Gasteiger partial charge in [-0.2, -0.15) is 0 Å². The Kier molecular flexibility index (Phi) is 8.53. The van der Waals surface area contributed by atoms with Crippen molar-refractivity contribution in [1.82, 2.24) is 5.32 Å². The van der Waals surface area contributed by atoms with Gasteiger partial charge in [0.2, 0.25) is 0 Å². The molecule has 0 aromatic heterocycles. The second-order valence-corrected chi connectivity index (χ2v) is 3.63. The van der Waals surface area contributed by atoms with Crippen LogP contribution in [0.5, 0.6) is 0 Å². The molecule has 0 bridgehead atoms. The van der Waals surface area contributed by atoms with E-state index in [2.05, 4.69) is 18.5 Å². The lowest BCUT2D eigenvalue weighted by molar-refractivity contribution is 0.246. The van der Waals surface area contributed by atoms with Crippen molar-refractivity contribution in [3.05, 3.63) is 25.3 Å². The minimum Gasteiger partial charge on any atom is -0.352 e. The van der Waals surface area contributed by atoms with E-state index >= 15 is 0 Å². The van der Waals surface area contributed by atoms with Gasteiger partial charge in [-0.25, -0.2) is 4.79 Å². The van der Waals surface area contributed by atoms with Gasteiger partial charge < -0.3 is 11.1 Å². The van der Waals surface area contributed by atoms with Gasteiger partial charge in [-0.1, -0.05) is 31.4 Å². The fraction of sp³-hybridized carbons (Fsp3) is 0.583. The second kappa shape index (κ2) is 9.31. The average molecular weight is 210 g/mol. The predicted octanol–water partition coefficient (Wildman–Crippen LogP) is 2.74. The van der Waals surface area contributed by atoms with E-state index in [0.29, 0.717) is 0 Å². The SMILES string of the molecule is C=CCCCCCCC(C=C)NC(N)=O. The van der Waals surface area contributed by atoms with Crippen LogP contribution in [0.2, 0.25) is 0 Å². The van der Waals surface area contributed by atoms with Crippen LogP contribution in [0.3, 0.4) is 0 Å². The summed E-state index contributed by atoms with van der Waals surface area (Å²) >= 11 is 0. The largest absolute Gasteiger partial charge is 0.352 e. The summed E-state index contributed by atoms with van der Waals surface area (Å²) < 4.78 is 0. The summed E-state index contributed by atoms with van der Waals surface area (Å²) in [5, 5.41) is 2.64.